The van der Waals surface area contributed by atoms with Crippen LogP contribution in [-0.2, 0) is 25.6 Å². The lowest BCUT2D eigenvalue weighted by molar-refractivity contribution is -0.167. The fourth-order valence-corrected chi connectivity index (χ4v) is 1.85. The van der Waals surface area contributed by atoms with Crippen LogP contribution in [0.5, 0.6) is 0 Å². The molecule has 1 aliphatic rings. The fourth-order valence-electron chi connectivity index (χ4n) is 1.85. The van der Waals surface area contributed by atoms with E-state index in [4.69, 9.17) is 9.47 Å². The molecule has 0 amide bonds. The second kappa shape index (κ2) is 5.21. The highest BCUT2D eigenvalue weighted by Gasteiger charge is 2.50. The second-order valence-corrected chi connectivity index (χ2v) is 4.02. The zero-order valence-corrected chi connectivity index (χ0v) is 10.8. The number of rotatable bonds is 4. The van der Waals surface area contributed by atoms with Gasteiger partial charge in [-0.25, -0.2) is 9.67 Å². The first-order valence-electron chi connectivity index (χ1n) is 6.05. The Morgan fingerprint density at radius 1 is 1.32 bits per heavy atom. The molecule has 7 heteroatoms. The number of hydrogen-bond acceptors (Lipinski definition) is 6. The van der Waals surface area contributed by atoms with Gasteiger partial charge in [-0.05, 0) is 13.8 Å². The zero-order chi connectivity index (χ0) is 13.9. The predicted octanol–water partition coefficient (Wildman–Crippen LogP) is 0.712. The van der Waals surface area contributed by atoms with Crippen molar-refractivity contribution in [1.82, 2.24) is 9.78 Å². The first-order valence-corrected chi connectivity index (χ1v) is 6.05. The lowest BCUT2D eigenvalue weighted by atomic mass is 9.88. The number of aromatic nitrogens is 2. The van der Waals surface area contributed by atoms with Gasteiger partial charge >= 0.3 is 11.9 Å². The summed E-state index contributed by atoms with van der Waals surface area (Å²) in [5, 5.41) is 4.02. The molecule has 0 radical (unpaired) electrons. The van der Waals surface area contributed by atoms with Gasteiger partial charge in [0.2, 0.25) is 5.41 Å². The number of nitrogens with zero attached hydrogens (tertiary/aromatic N) is 3. The smallest absolute Gasteiger partial charge is 0.331 e. The summed E-state index contributed by atoms with van der Waals surface area (Å²) in [5.41, 5.74) is -1.55. The molecule has 0 spiro atoms. The molecule has 0 atom stereocenters. The van der Waals surface area contributed by atoms with E-state index in [1.54, 1.807) is 26.1 Å². The standard InChI is InChI=1S/C12H15N3O4/c1-3-18-10(16)12(11(17)19-4-2)7-13-9-5-6-14-15(9)8-12/h5-7H,3-4,8H2,1-2H3. The van der Waals surface area contributed by atoms with Crippen molar-refractivity contribution in [3.63, 3.8) is 0 Å². The molecule has 0 aliphatic carbocycles. The first-order chi connectivity index (χ1) is 9.14. The predicted molar refractivity (Wildman–Crippen MR) is 66.1 cm³/mol. The molecule has 7 nitrogen and oxygen atoms in total. The van der Waals surface area contributed by atoms with Crippen molar-refractivity contribution in [3.8, 4) is 0 Å². The Morgan fingerprint density at radius 2 is 1.95 bits per heavy atom. The molecule has 0 saturated carbocycles. The lowest BCUT2D eigenvalue weighted by Crippen LogP contribution is -2.48. The minimum atomic E-state index is -1.55. The quantitative estimate of drug-likeness (QED) is 0.591. The molecule has 102 valence electrons. The molecule has 0 aromatic carbocycles. The Hall–Kier alpha value is -2.18. The summed E-state index contributed by atoms with van der Waals surface area (Å²) in [5.74, 6) is -0.749. The Kier molecular flexibility index (Phi) is 3.64. The van der Waals surface area contributed by atoms with Crippen molar-refractivity contribution in [3.05, 3.63) is 12.3 Å². The molecular formula is C12H15N3O4. The van der Waals surface area contributed by atoms with Crippen LogP contribution in [0.3, 0.4) is 0 Å². The molecule has 0 fully saturated rings. The Labute approximate surface area is 110 Å². The SMILES string of the molecule is CCOC(=O)C1(C(=O)OCC)C=Nc2ccnn2C1. The van der Waals surface area contributed by atoms with E-state index >= 15 is 0 Å². The van der Waals surface area contributed by atoms with Gasteiger partial charge in [0.1, 0.15) is 5.82 Å². The van der Waals surface area contributed by atoms with E-state index in [9.17, 15) is 9.59 Å². The average Bonchev–Trinajstić information content (AvgIpc) is 2.85. The molecule has 0 unspecified atom stereocenters. The van der Waals surface area contributed by atoms with Gasteiger partial charge in [-0.2, -0.15) is 5.10 Å². The van der Waals surface area contributed by atoms with E-state index in [1.807, 2.05) is 0 Å². The van der Waals surface area contributed by atoms with Crippen LogP contribution in [0, 0.1) is 5.41 Å². The highest BCUT2D eigenvalue weighted by atomic mass is 16.6. The highest BCUT2D eigenvalue weighted by Crippen LogP contribution is 2.29. The van der Waals surface area contributed by atoms with Crippen LogP contribution in [0.2, 0.25) is 0 Å². The van der Waals surface area contributed by atoms with Gasteiger partial charge in [0, 0.05) is 12.3 Å². The summed E-state index contributed by atoms with van der Waals surface area (Å²) in [6.45, 7) is 3.75. The third-order valence-corrected chi connectivity index (χ3v) is 2.79. The van der Waals surface area contributed by atoms with Crippen molar-refractivity contribution in [2.45, 2.75) is 20.4 Å². The molecule has 0 saturated heterocycles. The Bertz CT molecular complexity index is 503. The average molecular weight is 265 g/mol. The summed E-state index contributed by atoms with van der Waals surface area (Å²) in [4.78, 5) is 28.3. The minimum Gasteiger partial charge on any atom is -0.465 e. The second-order valence-electron chi connectivity index (χ2n) is 4.02. The third-order valence-electron chi connectivity index (χ3n) is 2.79. The van der Waals surface area contributed by atoms with Crippen LogP contribution in [0.4, 0.5) is 5.82 Å². The van der Waals surface area contributed by atoms with Gasteiger partial charge in [0.15, 0.2) is 0 Å². The molecule has 0 bridgehead atoms. The van der Waals surface area contributed by atoms with Gasteiger partial charge in [0.25, 0.3) is 0 Å². The van der Waals surface area contributed by atoms with Crippen LogP contribution in [0.25, 0.3) is 0 Å². The normalized spacial score (nSPS) is 15.7. The number of hydrogen-bond donors (Lipinski definition) is 0. The molecule has 19 heavy (non-hydrogen) atoms. The Balaban J connectivity index is 2.37. The summed E-state index contributed by atoms with van der Waals surface area (Å²) in [7, 11) is 0. The fraction of sp³-hybridized carbons (Fsp3) is 0.500. The largest absolute Gasteiger partial charge is 0.465 e. The summed E-state index contributed by atoms with van der Waals surface area (Å²) >= 11 is 0. The van der Waals surface area contributed by atoms with E-state index in [0.717, 1.165) is 0 Å². The number of carbonyl (C=O) groups excluding carboxylic acids is 2. The van der Waals surface area contributed by atoms with E-state index in [0.29, 0.717) is 5.82 Å². The van der Waals surface area contributed by atoms with E-state index in [1.165, 1.54) is 10.9 Å². The lowest BCUT2D eigenvalue weighted by Gasteiger charge is -2.27. The Morgan fingerprint density at radius 3 is 2.53 bits per heavy atom. The van der Waals surface area contributed by atoms with Crippen molar-refractivity contribution < 1.29 is 19.1 Å². The van der Waals surface area contributed by atoms with Crippen molar-refractivity contribution in [2.24, 2.45) is 10.4 Å². The van der Waals surface area contributed by atoms with Crippen molar-refractivity contribution in [2.75, 3.05) is 13.2 Å². The molecule has 1 aromatic rings. The van der Waals surface area contributed by atoms with Gasteiger partial charge in [0.05, 0.1) is 26.0 Å². The maximum absolute atomic E-state index is 12.1. The monoisotopic (exact) mass is 265 g/mol. The summed E-state index contributed by atoms with van der Waals surface area (Å²) < 4.78 is 11.4. The van der Waals surface area contributed by atoms with Crippen molar-refractivity contribution in [1.29, 1.82) is 0 Å². The van der Waals surface area contributed by atoms with Crippen LogP contribution in [-0.4, -0.2) is 41.1 Å². The number of aliphatic imine (C=N–C) groups is 1. The minimum absolute atomic E-state index is 0.0382. The maximum Gasteiger partial charge on any atom is 0.331 e. The van der Waals surface area contributed by atoms with Gasteiger partial charge in [-0.15, -0.1) is 0 Å². The van der Waals surface area contributed by atoms with Crippen LogP contribution >= 0.6 is 0 Å². The van der Waals surface area contributed by atoms with Gasteiger partial charge in [-0.3, -0.25) is 9.59 Å². The highest BCUT2D eigenvalue weighted by molar-refractivity contribution is 6.15. The van der Waals surface area contributed by atoms with E-state index in [-0.39, 0.29) is 19.8 Å². The van der Waals surface area contributed by atoms with E-state index in [2.05, 4.69) is 10.1 Å². The number of carbonyl (C=O) groups is 2. The summed E-state index contributed by atoms with van der Waals surface area (Å²) in [6, 6.07) is 1.69. The van der Waals surface area contributed by atoms with Crippen LogP contribution in [0.1, 0.15) is 13.8 Å². The van der Waals surface area contributed by atoms with Crippen LogP contribution in [0.15, 0.2) is 17.3 Å². The van der Waals surface area contributed by atoms with Gasteiger partial charge < -0.3 is 9.47 Å². The van der Waals surface area contributed by atoms with Crippen LogP contribution < -0.4 is 0 Å². The van der Waals surface area contributed by atoms with Gasteiger partial charge in [-0.1, -0.05) is 0 Å². The topological polar surface area (TPSA) is 82.8 Å². The number of esters is 2. The molecule has 0 N–H and O–H groups in total. The molecule has 1 aromatic heterocycles. The third kappa shape index (κ3) is 2.23. The molecule has 1 aliphatic heterocycles. The first kappa shape index (κ1) is 13.3. The molecular weight excluding hydrogens is 250 g/mol. The van der Waals surface area contributed by atoms with Crippen molar-refractivity contribution >= 4 is 24.0 Å². The molecule has 2 rings (SSSR count). The van der Waals surface area contributed by atoms with E-state index < -0.39 is 17.4 Å². The number of ether oxygens (including phenoxy) is 2. The summed E-state index contributed by atoms with van der Waals surface area (Å²) in [6.07, 6.45) is 2.85. The zero-order valence-electron chi connectivity index (χ0n) is 10.8. The number of fused-ring (bicyclic) bond motifs is 1. The maximum atomic E-state index is 12.1. The molecule has 2 heterocycles.